The molecule has 7 heteroatoms. The quantitative estimate of drug-likeness (QED) is 0.316. The van der Waals surface area contributed by atoms with Crippen LogP contribution in [0.5, 0.6) is 0 Å². The smallest absolute Gasteiger partial charge is 0.206 e. The third kappa shape index (κ3) is 9.20. The summed E-state index contributed by atoms with van der Waals surface area (Å²) in [4.78, 5) is 23.0. The SMILES string of the molecule is CCC(=O)CCCOCc1ccc(S(=O)(=O)c2ccc(COCCCC(=O)CC)cc2)cc1. The Kier molecular flexibility index (Phi) is 11.4. The highest BCUT2D eigenvalue weighted by atomic mass is 32.2. The fourth-order valence-electron chi connectivity index (χ4n) is 3.14. The minimum Gasteiger partial charge on any atom is -0.377 e. The Morgan fingerprint density at radius 1 is 0.667 bits per heavy atom. The minimum absolute atomic E-state index is 0.226. The second-order valence-electron chi connectivity index (χ2n) is 7.89. The topological polar surface area (TPSA) is 86.7 Å². The molecule has 0 N–H and O–H groups in total. The van der Waals surface area contributed by atoms with Crippen molar-refractivity contribution in [2.75, 3.05) is 13.2 Å². The van der Waals surface area contributed by atoms with Gasteiger partial charge in [-0.3, -0.25) is 9.59 Å². The standard InChI is InChI=1S/C26H34O6S/c1-3-23(27)7-5-17-31-19-21-9-13-25(14-10-21)33(29,30)26-15-11-22(12-16-26)20-32-18-6-8-24(28)4-2/h9-16H,3-8,17-20H2,1-2H3. The van der Waals surface area contributed by atoms with Gasteiger partial charge in [-0.15, -0.1) is 0 Å². The van der Waals surface area contributed by atoms with Gasteiger partial charge < -0.3 is 9.47 Å². The minimum atomic E-state index is -3.61. The number of carbonyl (C=O) groups excluding carboxylic acids is 2. The van der Waals surface area contributed by atoms with E-state index in [0.717, 1.165) is 11.1 Å². The average Bonchev–Trinajstić information content (AvgIpc) is 2.83. The summed E-state index contributed by atoms with van der Waals surface area (Å²) >= 11 is 0. The van der Waals surface area contributed by atoms with Crippen LogP contribution in [0.1, 0.15) is 63.5 Å². The van der Waals surface area contributed by atoms with E-state index >= 15 is 0 Å². The number of sulfone groups is 1. The predicted molar refractivity (Wildman–Crippen MR) is 127 cm³/mol. The molecular formula is C26H34O6S. The summed E-state index contributed by atoms with van der Waals surface area (Å²) in [6.07, 6.45) is 3.54. The second-order valence-corrected chi connectivity index (χ2v) is 9.84. The zero-order valence-corrected chi connectivity index (χ0v) is 20.4. The lowest BCUT2D eigenvalue weighted by Gasteiger charge is -2.08. The Morgan fingerprint density at radius 3 is 1.36 bits per heavy atom. The van der Waals surface area contributed by atoms with Gasteiger partial charge >= 0.3 is 0 Å². The number of Topliss-reactive ketones (excluding diaryl/α,β-unsaturated/α-hetero) is 2. The third-order valence-electron chi connectivity index (χ3n) is 5.28. The average molecular weight is 475 g/mol. The molecule has 0 aromatic heterocycles. The molecule has 0 saturated carbocycles. The molecule has 0 aliphatic rings. The van der Waals surface area contributed by atoms with Crippen LogP contribution in [0, 0.1) is 0 Å². The summed E-state index contributed by atoms with van der Waals surface area (Å²) < 4.78 is 37.0. The van der Waals surface area contributed by atoms with Crippen LogP contribution in [-0.4, -0.2) is 33.2 Å². The highest BCUT2D eigenvalue weighted by Gasteiger charge is 2.17. The van der Waals surface area contributed by atoms with Crippen molar-refractivity contribution in [2.24, 2.45) is 0 Å². The molecule has 0 saturated heterocycles. The zero-order chi connectivity index (χ0) is 24.1. The Hall–Kier alpha value is -2.35. The van der Waals surface area contributed by atoms with E-state index in [9.17, 15) is 18.0 Å². The molecule has 2 rings (SSSR count). The molecule has 0 aliphatic carbocycles. The molecule has 33 heavy (non-hydrogen) atoms. The van der Waals surface area contributed by atoms with E-state index in [4.69, 9.17) is 9.47 Å². The number of hydrogen-bond acceptors (Lipinski definition) is 6. The number of carbonyl (C=O) groups is 2. The number of rotatable bonds is 16. The number of benzene rings is 2. The molecular weight excluding hydrogens is 440 g/mol. The summed E-state index contributed by atoms with van der Waals surface area (Å²) in [5, 5.41) is 0. The van der Waals surface area contributed by atoms with Crippen LogP contribution in [0.15, 0.2) is 58.3 Å². The third-order valence-corrected chi connectivity index (χ3v) is 7.07. The van der Waals surface area contributed by atoms with E-state index < -0.39 is 9.84 Å². The van der Waals surface area contributed by atoms with Crippen molar-refractivity contribution in [2.45, 2.75) is 75.4 Å². The first kappa shape index (κ1) is 26.9. The summed E-state index contributed by atoms with van der Waals surface area (Å²) in [5.74, 6) is 0.461. The highest BCUT2D eigenvalue weighted by Crippen LogP contribution is 2.22. The van der Waals surface area contributed by atoms with Crippen LogP contribution in [0.4, 0.5) is 0 Å². The van der Waals surface area contributed by atoms with Gasteiger partial charge in [-0.05, 0) is 48.2 Å². The lowest BCUT2D eigenvalue weighted by atomic mass is 10.2. The Labute approximate surface area is 197 Å². The van der Waals surface area contributed by atoms with Crippen LogP contribution in [0.2, 0.25) is 0 Å². The van der Waals surface area contributed by atoms with Crippen molar-refractivity contribution in [3.63, 3.8) is 0 Å². The monoisotopic (exact) mass is 474 g/mol. The van der Waals surface area contributed by atoms with Crippen LogP contribution >= 0.6 is 0 Å². The summed E-state index contributed by atoms with van der Waals surface area (Å²) in [6, 6.07) is 13.3. The lowest BCUT2D eigenvalue weighted by molar-refractivity contribution is -0.119. The fourth-order valence-corrected chi connectivity index (χ4v) is 4.40. The molecule has 2 aromatic carbocycles. The van der Waals surface area contributed by atoms with Gasteiger partial charge in [0.2, 0.25) is 9.84 Å². The van der Waals surface area contributed by atoms with Crippen LogP contribution in [0.3, 0.4) is 0 Å². The molecule has 0 aliphatic heterocycles. The van der Waals surface area contributed by atoms with Gasteiger partial charge in [0, 0.05) is 38.9 Å². The largest absolute Gasteiger partial charge is 0.377 e. The second kappa shape index (κ2) is 14.0. The van der Waals surface area contributed by atoms with E-state index in [0.29, 0.717) is 65.0 Å². The Balaban J connectivity index is 1.83. The first-order valence-electron chi connectivity index (χ1n) is 11.5. The number of hydrogen-bond donors (Lipinski definition) is 0. The normalized spacial score (nSPS) is 11.5. The molecule has 0 fully saturated rings. The maximum absolute atomic E-state index is 12.9. The van der Waals surface area contributed by atoms with E-state index in [1.165, 1.54) is 0 Å². The number of ether oxygens (including phenoxy) is 2. The zero-order valence-electron chi connectivity index (χ0n) is 19.5. The van der Waals surface area contributed by atoms with Gasteiger partial charge in [0.1, 0.15) is 11.6 Å². The maximum atomic E-state index is 12.9. The lowest BCUT2D eigenvalue weighted by Crippen LogP contribution is -2.04. The molecule has 6 nitrogen and oxygen atoms in total. The van der Waals surface area contributed by atoms with Gasteiger partial charge in [0.15, 0.2) is 0 Å². The molecule has 2 aromatic rings. The van der Waals surface area contributed by atoms with Crippen LogP contribution < -0.4 is 0 Å². The van der Waals surface area contributed by atoms with Crippen LogP contribution in [-0.2, 0) is 42.1 Å². The van der Waals surface area contributed by atoms with Gasteiger partial charge in [-0.1, -0.05) is 38.1 Å². The maximum Gasteiger partial charge on any atom is 0.206 e. The molecule has 0 atom stereocenters. The Bertz CT molecular complexity index is 903. The summed E-state index contributed by atoms with van der Waals surface area (Å²) in [6.45, 7) is 5.45. The van der Waals surface area contributed by atoms with Crippen molar-refractivity contribution >= 4 is 21.4 Å². The molecule has 0 bridgehead atoms. The van der Waals surface area contributed by atoms with Crippen molar-refractivity contribution in [3.8, 4) is 0 Å². The summed E-state index contributed by atoms with van der Waals surface area (Å²) in [5.41, 5.74) is 1.76. The molecule has 180 valence electrons. The van der Waals surface area contributed by atoms with Gasteiger partial charge in [-0.2, -0.15) is 0 Å². The van der Waals surface area contributed by atoms with E-state index in [-0.39, 0.29) is 21.4 Å². The van der Waals surface area contributed by atoms with Crippen LogP contribution in [0.25, 0.3) is 0 Å². The Morgan fingerprint density at radius 2 is 1.03 bits per heavy atom. The molecule has 0 unspecified atom stereocenters. The fraction of sp³-hybridized carbons (Fsp3) is 0.462. The van der Waals surface area contributed by atoms with Gasteiger partial charge in [0.05, 0.1) is 23.0 Å². The van der Waals surface area contributed by atoms with Crippen molar-refractivity contribution in [3.05, 3.63) is 59.7 Å². The molecule has 0 radical (unpaired) electrons. The first-order chi connectivity index (χ1) is 15.9. The van der Waals surface area contributed by atoms with E-state index in [1.54, 1.807) is 48.5 Å². The van der Waals surface area contributed by atoms with Crippen molar-refractivity contribution in [1.82, 2.24) is 0 Å². The summed E-state index contributed by atoms with van der Waals surface area (Å²) in [7, 11) is -3.61. The number of ketones is 2. The van der Waals surface area contributed by atoms with Crippen molar-refractivity contribution in [1.29, 1.82) is 0 Å². The molecule has 0 amide bonds. The molecule has 0 heterocycles. The molecule has 0 spiro atoms. The van der Waals surface area contributed by atoms with Gasteiger partial charge in [-0.25, -0.2) is 8.42 Å². The van der Waals surface area contributed by atoms with E-state index in [1.807, 2.05) is 13.8 Å². The predicted octanol–water partition coefficient (Wildman–Crippen LogP) is 5.07. The van der Waals surface area contributed by atoms with E-state index in [2.05, 4.69) is 0 Å². The first-order valence-corrected chi connectivity index (χ1v) is 13.0. The highest BCUT2D eigenvalue weighted by molar-refractivity contribution is 7.91. The van der Waals surface area contributed by atoms with Crippen molar-refractivity contribution < 1.29 is 27.5 Å². The van der Waals surface area contributed by atoms with Gasteiger partial charge in [0.25, 0.3) is 0 Å².